The third-order valence-electron chi connectivity index (χ3n) is 3.14. The number of amides is 1. The van der Waals surface area contributed by atoms with Crippen LogP contribution in [0.2, 0.25) is 0 Å². The first kappa shape index (κ1) is 15.2. The highest BCUT2D eigenvalue weighted by molar-refractivity contribution is 5.93. The van der Waals surface area contributed by atoms with Gasteiger partial charge in [0.15, 0.2) is 6.61 Å². The first-order valence-electron chi connectivity index (χ1n) is 7.06. The number of hydrogen-bond donors (Lipinski definition) is 2. The highest BCUT2D eigenvalue weighted by Gasteiger charge is 2.22. The number of hydrogen-bond acceptors (Lipinski definition) is 5. The Morgan fingerprint density at radius 3 is 2.81 bits per heavy atom. The van der Waals surface area contributed by atoms with E-state index in [2.05, 4.69) is 5.32 Å². The lowest BCUT2D eigenvalue weighted by molar-refractivity contribution is -0.123. The number of carbonyl (C=O) groups excluding carboxylic acids is 2. The van der Waals surface area contributed by atoms with Gasteiger partial charge in [0.25, 0.3) is 5.91 Å². The van der Waals surface area contributed by atoms with Gasteiger partial charge in [0.05, 0.1) is 6.61 Å². The molecule has 1 aliphatic rings. The second-order valence-corrected chi connectivity index (χ2v) is 5.01. The molecule has 1 aromatic rings. The molecule has 6 nitrogen and oxygen atoms in total. The summed E-state index contributed by atoms with van der Waals surface area (Å²) >= 11 is 0. The Morgan fingerprint density at radius 2 is 2.14 bits per heavy atom. The van der Waals surface area contributed by atoms with Crippen molar-refractivity contribution in [3.05, 3.63) is 23.8 Å². The second kappa shape index (κ2) is 6.97. The molecule has 1 saturated carbocycles. The van der Waals surface area contributed by atoms with Gasteiger partial charge in [-0.05, 0) is 37.8 Å². The van der Waals surface area contributed by atoms with Crippen LogP contribution in [-0.4, -0.2) is 31.6 Å². The third-order valence-corrected chi connectivity index (χ3v) is 3.14. The summed E-state index contributed by atoms with van der Waals surface area (Å²) in [6.07, 6.45) is 2.34. The quantitative estimate of drug-likeness (QED) is 0.585. The Morgan fingerprint density at radius 1 is 1.38 bits per heavy atom. The average Bonchev–Trinajstić information content (AvgIpc) is 3.27. The van der Waals surface area contributed by atoms with Crippen molar-refractivity contribution in [2.24, 2.45) is 5.92 Å². The molecule has 0 radical (unpaired) electrons. The van der Waals surface area contributed by atoms with E-state index in [4.69, 9.17) is 15.2 Å². The molecule has 114 valence electrons. The predicted octanol–water partition coefficient (Wildman–Crippen LogP) is 1.35. The summed E-state index contributed by atoms with van der Waals surface area (Å²) in [5.41, 5.74) is 6.40. The molecule has 1 aliphatic carbocycles. The first-order chi connectivity index (χ1) is 10.1. The number of nitrogens with two attached hydrogens (primary N) is 1. The van der Waals surface area contributed by atoms with Gasteiger partial charge in [-0.2, -0.15) is 0 Å². The van der Waals surface area contributed by atoms with Gasteiger partial charge in [-0.1, -0.05) is 0 Å². The zero-order valence-corrected chi connectivity index (χ0v) is 12.1. The normalized spacial score (nSPS) is 13.6. The highest BCUT2D eigenvalue weighted by atomic mass is 16.5. The van der Waals surface area contributed by atoms with Crippen LogP contribution in [0.15, 0.2) is 18.2 Å². The number of anilines is 1. The van der Waals surface area contributed by atoms with Crippen molar-refractivity contribution in [1.29, 1.82) is 0 Å². The molecular formula is C15H20N2O4. The maximum atomic E-state index is 11.8. The minimum absolute atomic E-state index is 0.150. The maximum absolute atomic E-state index is 11.8. The molecule has 0 heterocycles. The Balaban J connectivity index is 1.94. The van der Waals surface area contributed by atoms with E-state index in [0.717, 1.165) is 0 Å². The van der Waals surface area contributed by atoms with Gasteiger partial charge in [-0.15, -0.1) is 0 Å². The van der Waals surface area contributed by atoms with Crippen molar-refractivity contribution >= 4 is 17.6 Å². The molecule has 0 aliphatic heterocycles. The summed E-state index contributed by atoms with van der Waals surface area (Å²) in [4.78, 5) is 23.5. The molecule has 1 amide bonds. The fraction of sp³-hybridized carbons (Fsp3) is 0.467. The number of esters is 1. The predicted molar refractivity (Wildman–Crippen MR) is 78.0 cm³/mol. The van der Waals surface area contributed by atoms with Crippen molar-refractivity contribution in [3.63, 3.8) is 0 Å². The number of nitrogen functional groups attached to an aromatic ring is 1. The van der Waals surface area contributed by atoms with Crippen LogP contribution in [0.4, 0.5) is 5.69 Å². The van der Waals surface area contributed by atoms with Crippen LogP contribution in [0.1, 0.15) is 30.1 Å². The van der Waals surface area contributed by atoms with Crippen molar-refractivity contribution in [2.75, 3.05) is 25.5 Å². The van der Waals surface area contributed by atoms with Crippen LogP contribution in [0, 0.1) is 5.92 Å². The van der Waals surface area contributed by atoms with E-state index in [0.29, 0.717) is 18.2 Å². The van der Waals surface area contributed by atoms with Crippen LogP contribution in [0.25, 0.3) is 0 Å². The van der Waals surface area contributed by atoms with Gasteiger partial charge in [-0.3, -0.25) is 4.79 Å². The van der Waals surface area contributed by atoms with Gasteiger partial charge >= 0.3 is 5.97 Å². The molecule has 0 atom stereocenters. The van der Waals surface area contributed by atoms with Crippen LogP contribution < -0.4 is 15.8 Å². The molecule has 0 spiro atoms. The molecule has 2 rings (SSSR count). The van der Waals surface area contributed by atoms with Crippen LogP contribution in [0.3, 0.4) is 0 Å². The van der Waals surface area contributed by atoms with E-state index in [9.17, 15) is 9.59 Å². The lowest BCUT2D eigenvalue weighted by atomic mass is 10.2. The molecule has 0 saturated heterocycles. The fourth-order valence-electron chi connectivity index (χ4n) is 1.81. The zero-order valence-electron chi connectivity index (χ0n) is 12.1. The Bertz CT molecular complexity index is 526. The molecular weight excluding hydrogens is 272 g/mol. The summed E-state index contributed by atoms with van der Waals surface area (Å²) in [5.74, 6) is 0.163. The number of nitrogens with one attached hydrogen (secondary N) is 1. The average molecular weight is 292 g/mol. The summed E-state index contributed by atoms with van der Waals surface area (Å²) < 4.78 is 10.3. The molecule has 0 unspecified atom stereocenters. The highest BCUT2D eigenvalue weighted by Crippen LogP contribution is 2.27. The summed E-state index contributed by atoms with van der Waals surface area (Å²) in [5, 5.41) is 2.79. The minimum atomic E-state index is -0.495. The molecule has 0 aromatic heterocycles. The summed E-state index contributed by atoms with van der Waals surface area (Å²) in [6, 6.07) is 4.64. The fourth-order valence-corrected chi connectivity index (χ4v) is 1.81. The molecule has 1 fully saturated rings. The van der Waals surface area contributed by atoms with E-state index in [1.54, 1.807) is 13.0 Å². The number of ether oxygens (including phenoxy) is 2. The monoisotopic (exact) mass is 292 g/mol. The lowest BCUT2D eigenvalue weighted by Crippen LogP contribution is -2.30. The zero-order chi connectivity index (χ0) is 15.2. The molecule has 6 heteroatoms. The van der Waals surface area contributed by atoms with Gasteiger partial charge in [0, 0.05) is 18.3 Å². The summed E-state index contributed by atoms with van der Waals surface area (Å²) in [6.45, 7) is 2.53. The Hall–Kier alpha value is -2.24. The third kappa shape index (κ3) is 4.66. The largest absolute Gasteiger partial charge is 0.483 e. The lowest BCUT2D eigenvalue weighted by Gasteiger charge is -2.11. The van der Waals surface area contributed by atoms with Gasteiger partial charge in [0.2, 0.25) is 0 Å². The molecule has 3 N–H and O–H groups in total. The minimum Gasteiger partial charge on any atom is -0.483 e. The SMILES string of the molecule is CCOC(=O)c1ccc(N)cc1OCC(=O)NCC1CC1. The Labute approximate surface area is 123 Å². The molecule has 21 heavy (non-hydrogen) atoms. The first-order valence-corrected chi connectivity index (χ1v) is 7.06. The van der Waals surface area contributed by atoms with Crippen LogP contribution in [-0.2, 0) is 9.53 Å². The number of benzene rings is 1. The molecule has 0 bridgehead atoms. The molecule has 1 aromatic carbocycles. The second-order valence-electron chi connectivity index (χ2n) is 5.01. The van der Waals surface area contributed by atoms with Crippen molar-refractivity contribution in [1.82, 2.24) is 5.32 Å². The van der Waals surface area contributed by atoms with E-state index < -0.39 is 5.97 Å². The van der Waals surface area contributed by atoms with Gasteiger partial charge in [0.1, 0.15) is 11.3 Å². The summed E-state index contributed by atoms with van der Waals surface area (Å²) in [7, 11) is 0. The maximum Gasteiger partial charge on any atom is 0.341 e. The number of rotatable bonds is 7. The standard InChI is InChI=1S/C15H20N2O4/c1-2-20-15(19)12-6-5-11(16)7-13(12)21-9-14(18)17-8-10-3-4-10/h5-7,10H,2-4,8-9,16H2,1H3,(H,17,18). The van der Waals surface area contributed by atoms with Crippen LogP contribution >= 0.6 is 0 Å². The van der Waals surface area contributed by atoms with Gasteiger partial charge < -0.3 is 20.5 Å². The van der Waals surface area contributed by atoms with Crippen molar-refractivity contribution in [2.45, 2.75) is 19.8 Å². The topological polar surface area (TPSA) is 90.7 Å². The van der Waals surface area contributed by atoms with E-state index in [1.165, 1.54) is 25.0 Å². The van der Waals surface area contributed by atoms with E-state index in [1.807, 2.05) is 0 Å². The van der Waals surface area contributed by atoms with Crippen molar-refractivity contribution < 1.29 is 19.1 Å². The Kier molecular flexibility index (Phi) is 5.03. The van der Waals surface area contributed by atoms with E-state index >= 15 is 0 Å². The van der Waals surface area contributed by atoms with Crippen molar-refractivity contribution in [3.8, 4) is 5.75 Å². The van der Waals surface area contributed by atoms with E-state index in [-0.39, 0.29) is 30.4 Å². The van der Waals surface area contributed by atoms with Gasteiger partial charge in [-0.25, -0.2) is 4.79 Å². The number of carbonyl (C=O) groups is 2. The van der Waals surface area contributed by atoms with Crippen LogP contribution in [0.5, 0.6) is 5.75 Å². The smallest absolute Gasteiger partial charge is 0.341 e.